The fourth-order valence-electron chi connectivity index (χ4n) is 3.65. The van der Waals surface area contributed by atoms with Crippen molar-refractivity contribution in [2.45, 2.75) is 56.8 Å². The van der Waals surface area contributed by atoms with E-state index >= 15 is 0 Å². The molecule has 0 radical (unpaired) electrons. The predicted octanol–water partition coefficient (Wildman–Crippen LogP) is 4.79. The van der Waals surface area contributed by atoms with Crippen LogP contribution in [-0.4, -0.2) is 13.2 Å². The fraction of sp³-hybridized carbons (Fsp3) is 0.667. The summed E-state index contributed by atoms with van der Waals surface area (Å²) in [5, 5.41) is 0. The van der Waals surface area contributed by atoms with Crippen LogP contribution in [0.15, 0.2) is 22.7 Å². The standard InChI is InChI=1S/C18H26BrNO/c19-16-11-15(18(13-20)9-2-1-3-10-18)7-8-17(16)21-12-14-5-4-6-14/h7-8,11,14H,1-6,9-10,12-13,20H2. The van der Waals surface area contributed by atoms with Gasteiger partial charge in [-0.2, -0.15) is 0 Å². The van der Waals surface area contributed by atoms with E-state index in [4.69, 9.17) is 10.5 Å². The second kappa shape index (κ2) is 6.70. The SMILES string of the molecule is NCC1(c2ccc(OCC3CCC3)c(Br)c2)CCCCC1. The molecular formula is C18H26BrNO. The summed E-state index contributed by atoms with van der Waals surface area (Å²) in [4.78, 5) is 0. The van der Waals surface area contributed by atoms with Crippen molar-refractivity contribution in [3.05, 3.63) is 28.2 Å². The van der Waals surface area contributed by atoms with Crippen LogP contribution >= 0.6 is 15.9 Å². The third-order valence-electron chi connectivity index (χ3n) is 5.44. The Bertz CT molecular complexity index is 478. The summed E-state index contributed by atoms with van der Waals surface area (Å²) in [6.45, 7) is 1.61. The molecule has 21 heavy (non-hydrogen) atoms. The summed E-state index contributed by atoms with van der Waals surface area (Å²) < 4.78 is 7.05. The molecule has 0 heterocycles. The van der Waals surface area contributed by atoms with Crippen molar-refractivity contribution in [2.75, 3.05) is 13.2 Å². The highest BCUT2D eigenvalue weighted by molar-refractivity contribution is 9.10. The Hall–Kier alpha value is -0.540. The Labute approximate surface area is 136 Å². The molecule has 0 saturated heterocycles. The van der Waals surface area contributed by atoms with Gasteiger partial charge in [-0.05, 0) is 65.2 Å². The van der Waals surface area contributed by atoms with E-state index in [0.29, 0.717) is 0 Å². The Morgan fingerprint density at radius 1 is 1.14 bits per heavy atom. The number of hydrogen-bond donors (Lipinski definition) is 1. The lowest BCUT2D eigenvalue weighted by molar-refractivity contribution is 0.179. The molecule has 3 rings (SSSR count). The molecule has 2 fully saturated rings. The molecule has 2 aliphatic rings. The fourth-order valence-corrected chi connectivity index (χ4v) is 4.15. The Morgan fingerprint density at radius 2 is 1.90 bits per heavy atom. The molecular weight excluding hydrogens is 326 g/mol. The van der Waals surface area contributed by atoms with E-state index in [0.717, 1.165) is 29.3 Å². The van der Waals surface area contributed by atoms with Crippen LogP contribution in [0.2, 0.25) is 0 Å². The third-order valence-corrected chi connectivity index (χ3v) is 6.06. The van der Waals surface area contributed by atoms with Gasteiger partial charge in [-0.15, -0.1) is 0 Å². The van der Waals surface area contributed by atoms with Crippen LogP contribution in [0.1, 0.15) is 56.9 Å². The average molecular weight is 352 g/mol. The van der Waals surface area contributed by atoms with Crippen molar-refractivity contribution >= 4 is 15.9 Å². The van der Waals surface area contributed by atoms with Crippen molar-refractivity contribution in [1.82, 2.24) is 0 Å². The summed E-state index contributed by atoms with van der Waals surface area (Å²) in [7, 11) is 0. The van der Waals surface area contributed by atoms with Crippen molar-refractivity contribution < 1.29 is 4.74 Å². The summed E-state index contributed by atoms with van der Waals surface area (Å²) in [6, 6.07) is 6.61. The van der Waals surface area contributed by atoms with E-state index in [1.807, 2.05) is 0 Å². The van der Waals surface area contributed by atoms with Gasteiger partial charge in [0.15, 0.2) is 0 Å². The zero-order chi connectivity index (χ0) is 14.7. The highest BCUT2D eigenvalue weighted by Gasteiger charge is 2.32. The summed E-state index contributed by atoms with van der Waals surface area (Å²) >= 11 is 3.69. The number of rotatable bonds is 5. The minimum absolute atomic E-state index is 0.188. The lowest BCUT2D eigenvalue weighted by Crippen LogP contribution is -2.37. The van der Waals surface area contributed by atoms with Crippen LogP contribution in [0.3, 0.4) is 0 Å². The van der Waals surface area contributed by atoms with Gasteiger partial charge in [-0.25, -0.2) is 0 Å². The van der Waals surface area contributed by atoms with Gasteiger partial charge >= 0.3 is 0 Å². The second-order valence-corrected chi connectivity index (χ2v) is 7.65. The third kappa shape index (κ3) is 3.29. The first-order valence-electron chi connectivity index (χ1n) is 8.36. The maximum Gasteiger partial charge on any atom is 0.133 e. The zero-order valence-corrected chi connectivity index (χ0v) is 14.3. The predicted molar refractivity (Wildman–Crippen MR) is 90.8 cm³/mol. The minimum Gasteiger partial charge on any atom is -0.492 e. The van der Waals surface area contributed by atoms with Gasteiger partial charge in [0, 0.05) is 12.0 Å². The van der Waals surface area contributed by atoms with E-state index in [1.54, 1.807) is 0 Å². The smallest absolute Gasteiger partial charge is 0.133 e. The van der Waals surface area contributed by atoms with Crippen LogP contribution in [-0.2, 0) is 5.41 Å². The molecule has 0 aliphatic heterocycles. The topological polar surface area (TPSA) is 35.2 Å². The van der Waals surface area contributed by atoms with Crippen LogP contribution < -0.4 is 10.5 Å². The maximum absolute atomic E-state index is 6.14. The van der Waals surface area contributed by atoms with Crippen molar-refractivity contribution in [3.8, 4) is 5.75 Å². The number of benzene rings is 1. The molecule has 0 spiro atoms. The van der Waals surface area contributed by atoms with E-state index in [-0.39, 0.29) is 5.41 Å². The molecule has 1 aromatic rings. The molecule has 0 unspecified atom stereocenters. The second-order valence-electron chi connectivity index (χ2n) is 6.80. The molecule has 0 aromatic heterocycles. The van der Waals surface area contributed by atoms with Gasteiger partial charge in [0.1, 0.15) is 5.75 Å². The van der Waals surface area contributed by atoms with Crippen molar-refractivity contribution in [3.63, 3.8) is 0 Å². The molecule has 2 N–H and O–H groups in total. The molecule has 1 aromatic carbocycles. The highest BCUT2D eigenvalue weighted by Crippen LogP contribution is 2.41. The molecule has 2 saturated carbocycles. The first-order chi connectivity index (χ1) is 10.2. The van der Waals surface area contributed by atoms with Gasteiger partial charge in [0.2, 0.25) is 0 Å². The molecule has 0 atom stereocenters. The van der Waals surface area contributed by atoms with Crippen molar-refractivity contribution in [2.24, 2.45) is 11.7 Å². The lowest BCUT2D eigenvalue weighted by Gasteiger charge is -2.37. The molecule has 2 aliphatic carbocycles. The van der Waals surface area contributed by atoms with E-state index in [1.165, 1.54) is 56.9 Å². The number of hydrogen-bond acceptors (Lipinski definition) is 2. The number of nitrogens with two attached hydrogens (primary N) is 1. The molecule has 3 heteroatoms. The normalized spacial score (nSPS) is 21.8. The highest BCUT2D eigenvalue weighted by atomic mass is 79.9. The number of ether oxygens (including phenoxy) is 1. The maximum atomic E-state index is 6.14. The van der Waals surface area contributed by atoms with E-state index in [2.05, 4.69) is 34.1 Å². The van der Waals surface area contributed by atoms with Gasteiger partial charge in [-0.1, -0.05) is 31.7 Å². The Balaban J connectivity index is 1.72. The van der Waals surface area contributed by atoms with Gasteiger partial charge in [0.25, 0.3) is 0 Å². The van der Waals surface area contributed by atoms with Crippen molar-refractivity contribution in [1.29, 1.82) is 0 Å². The first-order valence-corrected chi connectivity index (χ1v) is 9.16. The van der Waals surface area contributed by atoms with Crippen LogP contribution in [0.4, 0.5) is 0 Å². The van der Waals surface area contributed by atoms with Gasteiger partial charge in [-0.3, -0.25) is 0 Å². The Morgan fingerprint density at radius 3 is 2.48 bits per heavy atom. The van der Waals surface area contributed by atoms with Crippen LogP contribution in [0, 0.1) is 5.92 Å². The van der Waals surface area contributed by atoms with Gasteiger partial charge in [0.05, 0.1) is 11.1 Å². The van der Waals surface area contributed by atoms with E-state index < -0.39 is 0 Å². The van der Waals surface area contributed by atoms with Crippen LogP contribution in [0.25, 0.3) is 0 Å². The first kappa shape index (κ1) is 15.4. The zero-order valence-electron chi connectivity index (χ0n) is 12.7. The molecule has 2 nitrogen and oxygen atoms in total. The monoisotopic (exact) mass is 351 g/mol. The number of halogens is 1. The largest absolute Gasteiger partial charge is 0.492 e. The molecule has 0 bridgehead atoms. The molecule has 116 valence electrons. The molecule has 0 amide bonds. The van der Waals surface area contributed by atoms with Gasteiger partial charge < -0.3 is 10.5 Å². The Kier molecular flexibility index (Phi) is 4.90. The lowest BCUT2D eigenvalue weighted by atomic mass is 9.69. The summed E-state index contributed by atoms with van der Waals surface area (Å²) in [5.41, 5.74) is 7.71. The average Bonchev–Trinajstić information content (AvgIpc) is 2.48. The quantitative estimate of drug-likeness (QED) is 0.827. The summed E-state index contributed by atoms with van der Waals surface area (Å²) in [6.07, 6.45) is 10.4. The minimum atomic E-state index is 0.188. The summed E-state index contributed by atoms with van der Waals surface area (Å²) in [5.74, 6) is 1.75. The van der Waals surface area contributed by atoms with E-state index in [9.17, 15) is 0 Å². The van der Waals surface area contributed by atoms with Crippen LogP contribution in [0.5, 0.6) is 5.75 Å².